The Kier molecular flexibility index (Phi) is 8.05. The van der Waals surface area contributed by atoms with Gasteiger partial charge in [-0.2, -0.15) is 4.98 Å². The zero-order valence-electron chi connectivity index (χ0n) is 23.0. The number of nitrogens with one attached hydrogen (secondary N) is 1. The highest BCUT2D eigenvalue weighted by Gasteiger charge is 2.28. The van der Waals surface area contributed by atoms with Gasteiger partial charge in [0.2, 0.25) is 11.8 Å². The summed E-state index contributed by atoms with van der Waals surface area (Å²) < 4.78 is 46.4. The SMILES string of the molecule is COc1cc2nc(Nc3ccc(S(C)(=O)=O)cc3)nc(OC3CCN(C(=O)OC(C)(C)C)CC3)c2cc1OC. The van der Waals surface area contributed by atoms with Crippen molar-refractivity contribution in [3.8, 4) is 17.4 Å². The number of fused-ring (bicyclic) bond motifs is 1. The van der Waals surface area contributed by atoms with E-state index in [2.05, 4.69) is 15.3 Å². The van der Waals surface area contributed by atoms with Crippen molar-refractivity contribution in [3.63, 3.8) is 0 Å². The first-order valence-corrected chi connectivity index (χ1v) is 14.4. The van der Waals surface area contributed by atoms with Crippen LogP contribution in [-0.2, 0) is 14.6 Å². The maximum Gasteiger partial charge on any atom is 0.410 e. The Morgan fingerprint density at radius 3 is 2.18 bits per heavy atom. The van der Waals surface area contributed by atoms with Crippen molar-refractivity contribution in [1.82, 2.24) is 14.9 Å². The summed E-state index contributed by atoms with van der Waals surface area (Å²) >= 11 is 0. The van der Waals surface area contributed by atoms with E-state index < -0.39 is 15.4 Å². The van der Waals surface area contributed by atoms with Crippen molar-refractivity contribution >= 4 is 38.5 Å². The van der Waals surface area contributed by atoms with Crippen molar-refractivity contribution < 1.29 is 32.2 Å². The molecule has 1 fully saturated rings. The predicted molar refractivity (Wildman–Crippen MR) is 147 cm³/mol. The van der Waals surface area contributed by atoms with E-state index in [1.807, 2.05) is 20.8 Å². The maximum absolute atomic E-state index is 12.5. The number of methoxy groups -OCH3 is 2. The quantitative estimate of drug-likeness (QED) is 0.440. The number of amides is 1. The van der Waals surface area contributed by atoms with Gasteiger partial charge in [-0.25, -0.2) is 18.2 Å². The molecule has 1 saturated heterocycles. The minimum atomic E-state index is -3.31. The molecule has 1 aromatic heterocycles. The van der Waals surface area contributed by atoms with Gasteiger partial charge in [-0.15, -0.1) is 0 Å². The second kappa shape index (κ2) is 11.1. The molecular weight excluding hydrogens is 524 g/mol. The molecule has 0 atom stereocenters. The number of carbonyl (C=O) groups is 1. The molecule has 3 aromatic rings. The molecule has 0 bridgehead atoms. The molecule has 0 aliphatic carbocycles. The lowest BCUT2D eigenvalue weighted by Gasteiger charge is -2.33. The molecule has 1 aliphatic heterocycles. The lowest BCUT2D eigenvalue weighted by Crippen LogP contribution is -2.44. The molecule has 0 unspecified atom stereocenters. The number of rotatable bonds is 7. The summed E-state index contributed by atoms with van der Waals surface area (Å²) in [5.41, 5.74) is 0.622. The highest BCUT2D eigenvalue weighted by atomic mass is 32.2. The van der Waals surface area contributed by atoms with Gasteiger partial charge in [0.25, 0.3) is 0 Å². The highest BCUT2D eigenvalue weighted by molar-refractivity contribution is 7.90. The minimum absolute atomic E-state index is 0.184. The van der Waals surface area contributed by atoms with Crippen molar-refractivity contribution in [2.45, 2.75) is 50.2 Å². The van der Waals surface area contributed by atoms with Gasteiger partial charge in [0.1, 0.15) is 11.7 Å². The first-order chi connectivity index (χ1) is 18.4. The summed E-state index contributed by atoms with van der Waals surface area (Å²) in [7, 11) is -0.220. The molecule has 2 aromatic carbocycles. The summed E-state index contributed by atoms with van der Waals surface area (Å²) in [4.78, 5) is 23.6. The number of carbonyl (C=O) groups excluding carboxylic acids is 1. The summed E-state index contributed by atoms with van der Waals surface area (Å²) in [6.45, 7) is 6.52. The number of piperidine rings is 1. The Morgan fingerprint density at radius 1 is 1.00 bits per heavy atom. The summed E-state index contributed by atoms with van der Waals surface area (Å²) in [5.74, 6) is 1.63. The Labute approximate surface area is 228 Å². The summed E-state index contributed by atoms with van der Waals surface area (Å²) in [6.07, 6.45) is 1.85. The third-order valence-corrected chi connectivity index (χ3v) is 7.21. The molecule has 1 N–H and O–H groups in total. The molecule has 39 heavy (non-hydrogen) atoms. The predicted octanol–water partition coefficient (Wildman–Crippen LogP) is 4.57. The van der Waals surface area contributed by atoms with E-state index in [-0.39, 0.29) is 23.0 Å². The van der Waals surface area contributed by atoms with Crippen molar-refractivity contribution in [2.24, 2.45) is 0 Å². The average molecular weight is 559 g/mol. The molecule has 4 rings (SSSR count). The van der Waals surface area contributed by atoms with Crippen LogP contribution in [0, 0.1) is 0 Å². The summed E-state index contributed by atoms with van der Waals surface area (Å²) in [6, 6.07) is 9.83. The molecular formula is C27H34N4O7S. The van der Waals surface area contributed by atoms with Gasteiger partial charge < -0.3 is 29.2 Å². The third-order valence-electron chi connectivity index (χ3n) is 6.08. The Balaban J connectivity index is 1.60. The fourth-order valence-electron chi connectivity index (χ4n) is 4.13. The van der Waals surface area contributed by atoms with Crippen LogP contribution in [0.3, 0.4) is 0 Å². The van der Waals surface area contributed by atoms with E-state index in [4.69, 9.17) is 18.9 Å². The van der Waals surface area contributed by atoms with Crippen LogP contribution >= 0.6 is 0 Å². The van der Waals surface area contributed by atoms with Gasteiger partial charge in [0, 0.05) is 43.9 Å². The first kappa shape index (κ1) is 28.2. The van der Waals surface area contributed by atoms with Crippen LogP contribution in [0.5, 0.6) is 17.4 Å². The largest absolute Gasteiger partial charge is 0.493 e. The van der Waals surface area contributed by atoms with Gasteiger partial charge in [-0.3, -0.25) is 0 Å². The number of ether oxygens (including phenoxy) is 4. The van der Waals surface area contributed by atoms with Crippen LogP contribution in [0.25, 0.3) is 10.9 Å². The van der Waals surface area contributed by atoms with Crippen molar-refractivity contribution in [1.29, 1.82) is 0 Å². The Hall–Kier alpha value is -3.80. The van der Waals surface area contributed by atoms with Crippen molar-refractivity contribution in [3.05, 3.63) is 36.4 Å². The topological polar surface area (TPSA) is 129 Å². The third kappa shape index (κ3) is 6.99. The summed E-state index contributed by atoms with van der Waals surface area (Å²) in [5, 5.41) is 3.76. The molecule has 0 saturated carbocycles. The normalized spacial score (nSPS) is 14.7. The van der Waals surface area contributed by atoms with Crippen molar-refractivity contribution in [2.75, 3.05) is 38.9 Å². The average Bonchev–Trinajstić information content (AvgIpc) is 2.87. The molecule has 12 heteroatoms. The second-order valence-electron chi connectivity index (χ2n) is 10.3. The monoisotopic (exact) mass is 558 g/mol. The lowest BCUT2D eigenvalue weighted by molar-refractivity contribution is 0.0124. The van der Waals surface area contributed by atoms with E-state index in [1.165, 1.54) is 12.1 Å². The van der Waals surface area contributed by atoms with Crippen LogP contribution in [-0.4, -0.2) is 74.6 Å². The second-order valence-corrected chi connectivity index (χ2v) is 12.3. The molecule has 11 nitrogen and oxygen atoms in total. The van der Waals surface area contributed by atoms with Crippen LogP contribution in [0.15, 0.2) is 41.3 Å². The van der Waals surface area contributed by atoms with Crippen LogP contribution in [0.2, 0.25) is 0 Å². The zero-order chi connectivity index (χ0) is 28.4. The minimum Gasteiger partial charge on any atom is -0.493 e. The smallest absolute Gasteiger partial charge is 0.410 e. The van der Waals surface area contributed by atoms with E-state index in [0.717, 1.165) is 6.26 Å². The van der Waals surface area contributed by atoms with Gasteiger partial charge in [0.15, 0.2) is 21.3 Å². The highest BCUT2D eigenvalue weighted by Crippen LogP contribution is 2.36. The van der Waals surface area contributed by atoms with Gasteiger partial charge in [-0.1, -0.05) is 0 Å². The fraction of sp³-hybridized carbons (Fsp3) is 0.444. The number of likely N-dealkylation sites (tertiary alicyclic amines) is 1. The molecule has 0 spiro atoms. The number of sulfone groups is 1. The number of hydrogen-bond donors (Lipinski definition) is 1. The lowest BCUT2D eigenvalue weighted by atomic mass is 10.1. The van der Waals surface area contributed by atoms with E-state index in [1.54, 1.807) is 43.4 Å². The van der Waals surface area contributed by atoms with Crippen LogP contribution in [0.4, 0.5) is 16.4 Å². The zero-order valence-corrected chi connectivity index (χ0v) is 23.8. The molecule has 1 amide bonds. The van der Waals surface area contributed by atoms with Crippen LogP contribution in [0.1, 0.15) is 33.6 Å². The number of anilines is 2. The number of benzene rings is 2. The molecule has 1 aliphatic rings. The van der Waals surface area contributed by atoms with E-state index in [9.17, 15) is 13.2 Å². The number of aromatic nitrogens is 2. The standard InChI is InChI=1S/C27H34N4O7S/c1-27(2,3)38-26(32)31-13-11-18(12-14-31)37-24-20-15-22(35-4)23(36-5)16-21(20)29-25(30-24)28-17-7-9-19(10-8-17)39(6,33)34/h7-10,15-16,18H,11-14H2,1-6H3,(H,28,29,30). The molecule has 2 heterocycles. The Morgan fingerprint density at radius 2 is 1.62 bits per heavy atom. The van der Waals surface area contributed by atoms with Gasteiger partial charge in [0.05, 0.1) is 30.0 Å². The van der Waals surface area contributed by atoms with E-state index in [0.29, 0.717) is 59.9 Å². The molecule has 0 radical (unpaired) electrons. The van der Waals surface area contributed by atoms with E-state index >= 15 is 0 Å². The van der Waals surface area contributed by atoms with Gasteiger partial charge in [-0.05, 0) is 51.1 Å². The maximum atomic E-state index is 12.5. The number of hydrogen-bond acceptors (Lipinski definition) is 10. The first-order valence-electron chi connectivity index (χ1n) is 12.5. The molecule has 210 valence electrons. The number of nitrogens with zero attached hydrogens (tertiary/aromatic N) is 3. The Bertz CT molecular complexity index is 1450. The fourth-order valence-corrected chi connectivity index (χ4v) is 4.76. The van der Waals surface area contributed by atoms with Gasteiger partial charge >= 0.3 is 6.09 Å². The van der Waals surface area contributed by atoms with Crippen LogP contribution < -0.4 is 19.5 Å².